The second-order valence-electron chi connectivity index (χ2n) is 7.57. The van der Waals surface area contributed by atoms with Crippen molar-refractivity contribution in [3.8, 4) is 27.8 Å². The van der Waals surface area contributed by atoms with Crippen molar-refractivity contribution in [2.75, 3.05) is 13.1 Å². The van der Waals surface area contributed by atoms with E-state index in [-0.39, 0.29) is 5.92 Å². The minimum absolute atomic E-state index is 0.222. The third-order valence-corrected chi connectivity index (χ3v) is 6.38. The Morgan fingerprint density at radius 2 is 1.77 bits per heavy atom. The molecule has 0 atom stereocenters. The lowest BCUT2D eigenvalue weighted by atomic mass is 10.0. The van der Waals surface area contributed by atoms with Gasteiger partial charge in [-0.05, 0) is 48.5 Å². The minimum Gasteiger partial charge on any atom is -0.481 e. The monoisotopic (exact) mass is 431 g/mol. The molecule has 5 rings (SSSR count). The minimum atomic E-state index is -0.700. The van der Waals surface area contributed by atoms with Crippen LogP contribution >= 0.6 is 11.3 Å². The predicted molar refractivity (Wildman–Crippen MR) is 120 cm³/mol. The van der Waals surface area contributed by atoms with Crippen LogP contribution in [0.1, 0.15) is 4.88 Å². The number of carboxylic acids is 1. The summed E-state index contributed by atoms with van der Waals surface area (Å²) in [5, 5.41) is 10.1. The Kier molecular flexibility index (Phi) is 5.28. The molecule has 0 unspecified atom stereocenters. The molecule has 1 N–H and O–H groups in total. The molecule has 1 fully saturated rings. The van der Waals surface area contributed by atoms with E-state index in [1.807, 2.05) is 71.7 Å². The number of aromatic nitrogens is 2. The Labute approximate surface area is 184 Å². The number of aliphatic carboxylic acids is 1. The SMILES string of the molecule is O=C(O)C1CN(Cc2ccc(-n3cnc(-c4ccc(Oc5ccccc5)cc4)c3)s2)C1. The molecule has 3 heterocycles. The number of likely N-dealkylation sites (tertiary alicyclic amines) is 1. The van der Waals surface area contributed by atoms with E-state index in [4.69, 9.17) is 9.84 Å². The van der Waals surface area contributed by atoms with E-state index in [1.165, 1.54) is 4.88 Å². The fraction of sp³-hybridized carbons (Fsp3) is 0.167. The van der Waals surface area contributed by atoms with E-state index in [0.29, 0.717) is 13.1 Å². The average Bonchev–Trinajstić information content (AvgIpc) is 3.41. The Hall–Kier alpha value is -3.42. The summed E-state index contributed by atoms with van der Waals surface area (Å²) in [6, 6.07) is 21.8. The molecule has 0 radical (unpaired) electrons. The number of benzene rings is 2. The lowest BCUT2D eigenvalue weighted by molar-refractivity contribution is -0.147. The molecule has 156 valence electrons. The quantitative estimate of drug-likeness (QED) is 0.450. The third-order valence-electron chi connectivity index (χ3n) is 5.30. The number of hydrogen-bond acceptors (Lipinski definition) is 5. The Morgan fingerprint density at radius 3 is 2.52 bits per heavy atom. The van der Waals surface area contributed by atoms with Crippen LogP contribution in [0.2, 0.25) is 0 Å². The van der Waals surface area contributed by atoms with Crippen LogP contribution in [0, 0.1) is 5.92 Å². The van der Waals surface area contributed by atoms with Gasteiger partial charge in [-0.3, -0.25) is 14.3 Å². The molecule has 7 heteroatoms. The Morgan fingerprint density at radius 1 is 1.03 bits per heavy atom. The van der Waals surface area contributed by atoms with Gasteiger partial charge in [0.1, 0.15) is 22.8 Å². The number of para-hydroxylation sites is 1. The first-order valence-electron chi connectivity index (χ1n) is 10.1. The summed E-state index contributed by atoms with van der Waals surface area (Å²) >= 11 is 1.70. The third kappa shape index (κ3) is 4.38. The first kappa shape index (κ1) is 19.5. The molecule has 6 nitrogen and oxygen atoms in total. The van der Waals surface area contributed by atoms with Crippen LogP contribution in [0.15, 0.2) is 79.3 Å². The van der Waals surface area contributed by atoms with Gasteiger partial charge in [-0.1, -0.05) is 18.2 Å². The first-order valence-corrected chi connectivity index (χ1v) is 10.9. The second-order valence-corrected chi connectivity index (χ2v) is 8.72. The van der Waals surface area contributed by atoms with Crippen molar-refractivity contribution in [1.82, 2.24) is 14.5 Å². The zero-order valence-corrected chi connectivity index (χ0v) is 17.5. The van der Waals surface area contributed by atoms with Gasteiger partial charge in [-0.25, -0.2) is 4.98 Å². The summed E-state index contributed by atoms with van der Waals surface area (Å²) in [4.78, 5) is 18.9. The fourth-order valence-corrected chi connectivity index (χ4v) is 4.57. The number of rotatable bonds is 7. The fourth-order valence-electron chi connectivity index (χ4n) is 3.58. The van der Waals surface area contributed by atoms with E-state index >= 15 is 0 Å². The molecule has 0 aliphatic carbocycles. The van der Waals surface area contributed by atoms with Crippen LogP contribution in [0.4, 0.5) is 0 Å². The molecule has 0 saturated carbocycles. The number of hydrogen-bond donors (Lipinski definition) is 1. The van der Waals surface area contributed by atoms with Crippen LogP contribution in [-0.4, -0.2) is 38.6 Å². The zero-order chi connectivity index (χ0) is 21.2. The molecule has 4 aromatic rings. The largest absolute Gasteiger partial charge is 0.481 e. The number of ether oxygens (including phenoxy) is 1. The van der Waals surface area contributed by atoms with Crippen LogP contribution in [0.5, 0.6) is 11.5 Å². The maximum absolute atomic E-state index is 10.9. The van der Waals surface area contributed by atoms with Crippen molar-refractivity contribution in [3.05, 3.63) is 84.1 Å². The van der Waals surface area contributed by atoms with Crippen LogP contribution < -0.4 is 4.74 Å². The summed E-state index contributed by atoms with van der Waals surface area (Å²) in [6.45, 7) is 2.04. The molecule has 0 spiro atoms. The van der Waals surface area contributed by atoms with Crippen molar-refractivity contribution in [1.29, 1.82) is 0 Å². The summed E-state index contributed by atoms with van der Waals surface area (Å²) in [5.41, 5.74) is 1.92. The van der Waals surface area contributed by atoms with Gasteiger partial charge in [0, 0.05) is 36.3 Å². The summed E-state index contributed by atoms with van der Waals surface area (Å²) in [6.07, 6.45) is 3.84. The molecule has 1 aliphatic heterocycles. The van der Waals surface area contributed by atoms with Gasteiger partial charge in [0.2, 0.25) is 0 Å². The number of carbonyl (C=O) groups is 1. The number of carboxylic acid groups (broad SMARTS) is 1. The Balaban J connectivity index is 1.23. The molecular formula is C24H21N3O3S. The van der Waals surface area contributed by atoms with Crippen molar-refractivity contribution >= 4 is 17.3 Å². The molecule has 0 amide bonds. The highest BCUT2D eigenvalue weighted by Gasteiger charge is 2.32. The standard InChI is InChI=1S/C24H21N3O3S/c28-24(29)18-12-26(13-18)14-21-10-11-23(31-21)27-15-22(25-16-27)17-6-8-20(9-7-17)30-19-4-2-1-3-5-19/h1-11,15-16,18H,12-14H2,(H,28,29). The van der Waals surface area contributed by atoms with Crippen molar-refractivity contribution in [3.63, 3.8) is 0 Å². The number of nitrogens with zero attached hydrogens (tertiary/aromatic N) is 3. The van der Waals surface area contributed by atoms with Crippen molar-refractivity contribution < 1.29 is 14.6 Å². The normalized spacial score (nSPS) is 14.3. The smallest absolute Gasteiger partial charge is 0.309 e. The molecular weight excluding hydrogens is 410 g/mol. The van der Waals surface area contributed by atoms with E-state index in [2.05, 4.69) is 22.0 Å². The maximum atomic E-state index is 10.9. The predicted octanol–water partition coefficient (Wildman–Crippen LogP) is 4.91. The maximum Gasteiger partial charge on any atom is 0.309 e. The van der Waals surface area contributed by atoms with E-state index in [0.717, 1.165) is 34.3 Å². The van der Waals surface area contributed by atoms with E-state index in [1.54, 1.807) is 11.3 Å². The highest BCUT2D eigenvalue weighted by Crippen LogP contribution is 2.28. The lowest BCUT2D eigenvalue weighted by Crippen LogP contribution is -2.49. The lowest BCUT2D eigenvalue weighted by Gasteiger charge is -2.36. The summed E-state index contributed by atoms with van der Waals surface area (Å²) < 4.78 is 7.87. The summed E-state index contributed by atoms with van der Waals surface area (Å²) in [5.74, 6) is 0.673. The zero-order valence-electron chi connectivity index (χ0n) is 16.7. The molecule has 1 aliphatic rings. The van der Waals surface area contributed by atoms with Crippen molar-refractivity contribution in [2.24, 2.45) is 5.92 Å². The highest BCUT2D eigenvalue weighted by molar-refractivity contribution is 7.14. The Bertz CT molecular complexity index is 1180. The first-order chi connectivity index (χ1) is 15.1. The topological polar surface area (TPSA) is 67.6 Å². The van der Waals surface area contributed by atoms with Crippen LogP contribution in [-0.2, 0) is 11.3 Å². The second kappa shape index (κ2) is 8.37. The van der Waals surface area contributed by atoms with Gasteiger partial charge >= 0.3 is 5.97 Å². The van der Waals surface area contributed by atoms with Gasteiger partial charge < -0.3 is 9.84 Å². The van der Waals surface area contributed by atoms with E-state index in [9.17, 15) is 4.79 Å². The van der Waals surface area contributed by atoms with Crippen LogP contribution in [0.25, 0.3) is 16.3 Å². The van der Waals surface area contributed by atoms with Gasteiger partial charge in [-0.2, -0.15) is 0 Å². The number of thiophene rings is 1. The van der Waals surface area contributed by atoms with E-state index < -0.39 is 5.97 Å². The average molecular weight is 432 g/mol. The van der Waals surface area contributed by atoms with Crippen LogP contribution in [0.3, 0.4) is 0 Å². The molecule has 2 aromatic carbocycles. The summed E-state index contributed by atoms with van der Waals surface area (Å²) in [7, 11) is 0. The molecule has 2 aromatic heterocycles. The van der Waals surface area contributed by atoms with Crippen molar-refractivity contribution in [2.45, 2.75) is 6.54 Å². The van der Waals surface area contributed by atoms with Gasteiger partial charge in [0.15, 0.2) is 0 Å². The van der Waals surface area contributed by atoms with Gasteiger partial charge in [-0.15, -0.1) is 11.3 Å². The molecule has 31 heavy (non-hydrogen) atoms. The highest BCUT2D eigenvalue weighted by atomic mass is 32.1. The van der Waals surface area contributed by atoms with Gasteiger partial charge in [0.25, 0.3) is 0 Å². The molecule has 1 saturated heterocycles. The molecule has 0 bridgehead atoms. The van der Waals surface area contributed by atoms with Gasteiger partial charge in [0.05, 0.1) is 11.6 Å². The number of imidazole rings is 1.